The summed E-state index contributed by atoms with van der Waals surface area (Å²) >= 11 is 0. The minimum Gasteiger partial charge on any atom is -0.481 e. The highest BCUT2D eigenvalue weighted by Gasteiger charge is 1.84. The monoisotopic (exact) mass is 399 g/mol. The molecule has 0 aromatic heterocycles. The van der Waals surface area contributed by atoms with E-state index in [-0.39, 0.29) is 0 Å². The summed E-state index contributed by atoms with van der Waals surface area (Å²) in [5, 5.41) is 7.42. The van der Waals surface area contributed by atoms with Gasteiger partial charge in [0, 0.05) is 6.92 Å². The summed E-state index contributed by atoms with van der Waals surface area (Å²) in [6, 6.07) is 0. The van der Waals surface area contributed by atoms with Crippen LogP contribution in [0.2, 0.25) is 0 Å². The number of carbonyl (C=O) groups is 1. The Balaban J connectivity index is -0.000000141. The van der Waals surface area contributed by atoms with Gasteiger partial charge >= 0.3 is 0 Å². The zero-order valence-corrected chi connectivity index (χ0v) is 20.2. The summed E-state index contributed by atoms with van der Waals surface area (Å²) in [5.41, 5.74) is 0. The maximum Gasteiger partial charge on any atom is 0.300 e. The Morgan fingerprint density at radius 2 is 0.714 bits per heavy atom. The van der Waals surface area contributed by atoms with E-state index in [4.69, 9.17) is 9.90 Å². The van der Waals surface area contributed by atoms with Gasteiger partial charge in [-0.25, -0.2) is 0 Å². The van der Waals surface area contributed by atoms with Gasteiger partial charge in [-0.2, -0.15) is 0 Å². The molecule has 0 fully saturated rings. The van der Waals surface area contributed by atoms with Crippen molar-refractivity contribution in [3.05, 3.63) is 20.8 Å². The second kappa shape index (κ2) is 41.0. The van der Waals surface area contributed by atoms with Gasteiger partial charge in [-0.05, 0) is 0 Å². The van der Waals surface area contributed by atoms with Crippen molar-refractivity contribution in [3.8, 4) is 0 Å². The van der Waals surface area contributed by atoms with Crippen LogP contribution < -0.4 is 0 Å². The molecule has 0 aliphatic rings. The molecule has 2 heteroatoms. The summed E-state index contributed by atoms with van der Waals surface area (Å²) in [4.78, 5) is 9.00. The van der Waals surface area contributed by atoms with E-state index in [9.17, 15) is 0 Å². The molecule has 1 N–H and O–H groups in total. The molecule has 171 valence electrons. The molecule has 0 rings (SSSR count). The number of hydrogen-bond donors (Lipinski definition) is 1. The SMILES string of the molecule is CC(=O)O.[CH2]CCCCCCC.[CH2]CCCCCCC.[CH2]CCCCCCC. The first kappa shape index (κ1) is 34.9. The third-order valence-electron chi connectivity index (χ3n) is 4.06. The second-order valence-electron chi connectivity index (χ2n) is 7.32. The van der Waals surface area contributed by atoms with Crippen LogP contribution in [0.5, 0.6) is 0 Å². The second-order valence-corrected chi connectivity index (χ2v) is 7.32. The summed E-state index contributed by atoms with van der Waals surface area (Å²) in [6.45, 7) is 19.2. The van der Waals surface area contributed by atoms with Gasteiger partial charge in [0.05, 0.1) is 0 Å². The summed E-state index contributed by atoms with van der Waals surface area (Å²) < 4.78 is 0. The van der Waals surface area contributed by atoms with Crippen molar-refractivity contribution in [1.29, 1.82) is 0 Å². The Hall–Kier alpha value is -0.530. The Morgan fingerprint density at radius 3 is 0.857 bits per heavy atom. The average Bonchev–Trinajstić information content (AvgIpc) is 2.67. The zero-order valence-electron chi connectivity index (χ0n) is 20.2. The molecule has 0 aromatic rings. The summed E-state index contributed by atoms with van der Waals surface area (Å²) in [6.07, 6.45) is 23.9. The Bertz CT molecular complexity index is 176. The fraction of sp³-hybridized carbons (Fsp3) is 0.846. The van der Waals surface area contributed by atoms with Crippen molar-refractivity contribution in [2.45, 2.75) is 143 Å². The molecule has 0 aliphatic heterocycles. The standard InChI is InChI=1S/3C8H17.C2H4O2/c3*1-3-5-7-8-6-4-2;1-2(3)4/h3*1,3-8H2,2H3;1H3,(H,3,4). The molecule has 0 bridgehead atoms. The lowest BCUT2D eigenvalue weighted by molar-refractivity contribution is -0.134. The third kappa shape index (κ3) is 72.8. The molecule has 0 aromatic carbocycles. The first-order valence-electron chi connectivity index (χ1n) is 12.0. The summed E-state index contributed by atoms with van der Waals surface area (Å²) in [5.74, 6) is -0.833. The van der Waals surface area contributed by atoms with E-state index in [1.165, 1.54) is 96.3 Å². The number of unbranched alkanes of at least 4 members (excludes halogenated alkanes) is 15. The first-order chi connectivity index (χ1) is 13.5. The lowest BCUT2D eigenvalue weighted by atomic mass is 10.1. The quantitative estimate of drug-likeness (QED) is 0.278. The van der Waals surface area contributed by atoms with Crippen molar-refractivity contribution >= 4 is 5.97 Å². The molecule has 2 nitrogen and oxygen atoms in total. The van der Waals surface area contributed by atoms with Crippen LogP contribution in [-0.2, 0) is 4.79 Å². The van der Waals surface area contributed by atoms with E-state index in [0.29, 0.717) is 0 Å². The van der Waals surface area contributed by atoms with Crippen LogP contribution in [0.1, 0.15) is 143 Å². The summed E-state index contributed by atoms with van der Waals surface area (Å²) in [7, 11) is 0. The Kier molecular flexibility index (Phi) is 51.1. The fourth-order valence-electron chi connectivity index (χ4n) is 2.34. The molecule has 0 heterocycles. The first-order valence-corrected chi connectivity index (χ1v) is 12.0. The van der Waals surface area contributed by atoms with E-state index >= 15 is 0 Å². The molecule has 0 saturated heterocycles. The number of carboxylic acid groups (broad SMARTS) is 1. The molecule has 0 amide bonds. The number of hydrogen-bond acceptors (Lipinski definition) is 1. The molecular formula is C26H55O2. The predicted octanol–water partition coefficient (Wildman–Crippen LogP) is 9.63. The van der Waals surface area contributed by atoms with E-state index in [0.717, 1.165) is 26.2 Å². The van der Waals surface area contributed by atoms with Gasteiger partial charge in [0.1, 0.15) is 0 Å². The minimum atomic E-state index is -0.833. The number of rotatable bonds is 15. The molecule has 0 spiro atoms. The van der Waals surface area contributed by atoms with Gasteiger partial charge < -0.3 is 5.11 Å². The molecule has 0 saturated carbocycles. The van der Waals surface area contributed by atoms with Crippen LogP contribution in [0.4, 0.5) is 0 Å². The van der Waals surface area contributed by atoms with Crippen LogP contribution in [0.25, 0.3) is 0 Å². The van der Waals surface area contributed by atoms with Crippen molar-refractivity contribution in [3.63, 3.8) is 0 Å². The molecule has 3 radical (unpaired) electrons. The van der Waals surface area contributed by atoms with E-state index < -0.39 is 5.97 Å². The zero-order chi connectivity index (χ0) is 22.3. The van der Waals surface area contributed by atoms with Gasteiger partial charge in [0.15, 0.2) is 0 Å². The lowest BCUT2D eigenvalue weighted by Crippen LogP contribution is -1.78. The van der Waals surface area contributed by atoms with E-state index in [1.807, 2.05) is 0 Å². The number of carboxylic acids is 1. The molecular weight excluding hydrogens is 344 g/mol. The molecule has 0 aliphatic carbocycles. The van der Waals surface area contributed by atoms with Gasteiger partial charge in [-0.3, -0.25) is 4.79 Å². The largest absolute Gasteiger partial charge is 0.481 e. The fourth-order valence-corrected chi connectivity index (χ4v) is 2.34. The highest BCUT2D eigenvalue weighted by molar-refractivity contribution is 5.62. The van der Waals surface area contributed by atoms with Crippen LogP contribution >= 0.6 is 0 Å². The maximum atomic E-state index is 9.00. The lowest BCUT2D eigenvalue weighted by Gasteiger charge is -1.93. The van der Waals surface area contributed by atoms with Gasteiger partial charge in [0.2, 0.25) is 0 Å². The van der Waals surface area contributed by atoms with Crippen LogP contribution in [0, 0.1) is 20.8 Å². The topological polar surface area (TPSA) is 37.3 Å². The van der Waals surface area contributed by atoms with Gasteiger partial charge in [-0.15, -0.1) is 0 Å². The molecule has 0 atom stereocenters. The van der Waals surface area contributed by atoms with Crippen molar-refractivity contribution in [2.24, 2.45) is 0 Å². The van der Waals surface area contributed by atoms with Gasteiger partial charge in [-0.1, -0.05) is 157 Å². The highest BCUT2D eigenvalue weighted by Crippen LogP contribution is 2.04. The number of aliphatic carboxylic acids is 1. The van der Waals surface area contributed by atoms with Gasteiger partial charge in [0.25, 0.3) is 5.97 Å². The third-order valence-corrected chi connectivity index (χ3v) is 4.06. The van der Waals surface area contributed by atoms with Crippen LogP contribution in [0.15, 0.2) is 0 Å². The van der Waals surface area contributed by atoms with Crippen molar-refractivity contribution in [1.82, 2.24) is 0 Å². The Morgan fingerprint density at radius 1 is 0.536 bits per heavy atom. The van der Waals surface area contributed by atoms with Crippen LogP contribution in [-0.4, -0.2) is 11.1 Å². The highest BCUT2D eigenvalue weighted by atomic mass is 16.4. The maximum absolute atomic E-state index is 9.00. The predicted molar refractivity (Wildman–Crippen MR) is 130 cm³/mol. The molecule has 28 heavy (non-hydrogen) atoms. The van der Waals surface area contributed by atoms with E-state index in [2.05, 4.69) is 41.5 Å². The van der Waals surface area contributed by atoms with Crippen molar-refractivity contribution in [2.75, 3.05) is 0 Å². The molecule has 0 unspecified atom stereocenters. The Labute approximate surface area is 180 Å². The van der Waals surface area contributed by atoms with Crippen LogP contribution in [0.3, 0.4) is 0 Å². The van der Waals surface area contributed by atoms with Crippen molar-refractivity contribution < 1.29 is 9.90 Å². The normalized spacial score (nSPS) is 9.25. The van der Waals surface area contributed by atoms with E-state index in [1.54, 1.807) is 0 Å². The minimum absolute atomic E-state index is 0.833. The average molecular weight is 400 g/mol. The smallest absolute Gasteiger partial charge is 0.300 e.